The van der Waals surface area contributed by atoms with E-state index in [-0.39, 0.29) is 11.7 Å². The average Bonchev–Trinajstić information content (AvgIpc) is 3.02. The smallest absolute Gasteiger partial charge is 0.255 e. The molecule has 150 valence electrons. The Morgan fingerprint density at radius 3 is 2.33 bits per heavy atom. The van der Waals surface area contributed by atoms with Crippen molar-refractivity contribution in [2.45, 2.75) is 20.4 Å². The average molecular weight is 399 g/mol. The third kappa shape index (κ3) is 4.15. The van der Waals surface area contributed by atoms with Crippen LogP contribution in [-0.4, -0.2) is 15.7 Å². The van der Waals surface area contributed by atoms with E-state index in [1.807, 2.05) is 74.5 Å². The quantitative estimate of drug-likeness (QED) is 0.474. The van der Waals surface area contributed by atoms with Crippen LogP contribution in [0.4, 0.5) is 10.1 Å². The van der Waals surface area contributed by atoms with Gasteiger partial charge in [-0.1, -0.05) is 54.6 Å². The molecule has 0 radical (unpaired) electrons. The van der Waals surface area contributed by atoms with Crippen LogP contribution >= 0.6 is 0 Å². The molecule has 4 nitrogen and oxygen atoms in total. The van der Waals surface area contributed by atoms with Crippen molar-refractivity contribution < 1.29 is 9.18 Å². The third-order valence-electron chi connectivity index (χ3n) is 5.10. The monoisotopic (exact) mass is 399 g/mol. The standard InChI is InChI=1S/C25H22FN3O/c1-17-24(18(2)29(28-17)16-19-7-6-10-23(26)15-19)27-25(30)22-13-11-21(12-14-22)20-8-4-3-5-9-20/h3-15H,16H2,1-2H3,(H,27,30). The van der Waals surface area contributed by atoms with Gasteiger partial charge in [0, 0.05) is 5.56 Å². The molecule has 0 aliphatic carbocycles. The Morgan fingerprint density at radius 2 is 1.63 bits per heavy atom. The molecular formula is C25H22FN3O. The number of anilines is 1. The first-order valence-corrected chi connectivity index (χ1v) is 9.76. The zero-order chi connectivity index (χ0) is 21.1. The fourth-order valence-corrected chi connectivity index (χ4v) is 3.47. The van der Waals surface area contributed by atoms with Crippen molar-refractivity contribution in [1.29, 1.82) is 0 Å². The predicted octanol–water partition coefficient (Wildman–Crippen LogP) is 5.61. The number of nitrogens with one attached hydrogen (secondary N) is 1. The molecule has 4 aromatic rings. The molecule has 3 aromatic carbocycles. The number of hydrogen-bond acceptors (Lipinski definition) is 2. The van der Waals surface area contributed by atoms with Crippen LogP contribution < -0.4 is 5.32 Å². The summed E-state index contributed by atoms with van der Waals surface area (Å²) >= 11 is 0. The zero-order valence-electron chi connectivity index (χ0n) is 16.9. The predicted molar refractivity (Wildman–Crippen MR) is 117 cm³/mol. The molecule has 4 rings (SSSR count). The van der Waals surface area contributed by atoms with Gasteiger partial charge in [0.25, 0.3) is 5.91 Å². The minimum absolute atomic E-state index is 0.189. The molecule has 0 aliphatic rings. The molecule has 0 saturated heterocycles. The number of rotatable bonds is 5. The van der Waals surface area contributed by atoms with Crippen LogP contribution in [-0.2, 0) is 6.54 Å². The Balaban J connectivity index is 1.51. The molecule has 0 aliphatic heterocycles. The number of nitrogens with zero attached hydrogens (tertiary/aromatic N) is 2. The van der Waals surface area contributed by atoms with E-state index in [1.165, 1.54) is 12.1 Å². The summed E-state index contributed by atoms with van der Waals surface area (Å²) in [4.78, 5) is 12.8. The molecule has 30 heavy (non-hydrogen) atoms. The highest BCUT2D eigenvalue weighted by Crippen LogP contribution is 2.23. The third-order valence-corrected chi connectivity index (χ3v) is 5.10. The molecule has 0 atom stereocenters. The first-order chi connectivity index (χ1) is 14.5. The normalized spacial score (nSPS) is 10.8. The van der Waals surface area contributed by atoms with Gasteiger partial charge >= 0.3 is 0 Å². The van der Waals surface area contributed by atoms with Gasteiger partial charge in [-0.05, 0) is 54.8 Å². The van der Waals surface area contributed by atoms with Crippen molar-refractivity contribution in [1.82, 2.24) is 9.78 Å². The van der Waals surface area contributed by atoms with Crippen LogP contribution in [0.25, 0.3) is 11.1 Å². The van der Waals surface area contributed by atoms with Gasteiger partial charge in [0.05, 0.1) is 23.6 Å². The number of amides is 1. The van der Waals surface area contributed by atoms with Crippen molar-refractivity contribution in [2.75, 3.05) is 5.32 Å². The van der Waals surface area contributed by atoms with Crippen LogP contribution in [0, 0.1) is 19.7 Å². The van der Waals surface area contributed by atoms with Gasteiger partial charge in [0.2, 0.25) is 0 Å². The van der Waals surface area contributed by atoms with Gasteiger partial charge < -0.3 is 5.32 Å². The maximum Gasteiger partial charge on any atom is 0.255 e. The summed E-state index contributed by atoms with van der Waals surface area (Å²) in [6.45, 7) is 4.18. The van der Waals surface area contributed by atoms with Crippen LogP contribution in [0.2, 0.25) is 0 Å². The molecule has 1 N–H and O–H groups in total. The lowest BCUT2D eigenvalue weighted by Crippen LogP contribution is -2.13. The molecule has 1 aromatic heterocycles. The van der Waals surface area contributed by atoms with E-state index in [2.05, 4.69) is 10.4 Å². The number of halogens is 1. The van der Waals surface area contributed by atoms with Gasteiger partial charge in [-0.3, -0.25) is 9.48 Å². The molecule has 0 unspecified atom stereocenters. The summed E-state index contributed by atoms with van der Waals surface area (Å²) in [6.07, 6.45) is 0. The van der Waals surface area contributed by atoms with Crippen molar-refractivity contribution >= 4 is 11.6 Å². The highest BCUT2D eigenvalue weighted by atomic mass is 19.1. The SMILES string of the molecule is Cc1nn(Cc2cccc(F)c2)c(C)c1NC(=O)c1ccc(-c2ccccc2)cc1. The fraction of sp³-hybridized carbons (Fsp3) is 0.120. The maximum atomic E-state index is 13.5. The highest BCUT2D eigenvalue weighted by Gasteiger charge is 2.16. The van der Waals surface area contributed by atoms with E-state index in [0.29, 0.717) is 17.8 Å². The lowest BCUT2D eigenvalue weighted by Gasteiger charge is -2.08. The van der Waals surface area contributed by atoms with E-state index in [9.17, 15) is 9.18 Å². The summed E-state index contributed by atoms with van der Waals surface area (Å²) in [5, 5.41) is 7.49. The molecule has 0 bridgehead atoms. The Bertz CT molecular complexity index is 1180. The Kier molecular flexibility index (Phi) is 5.44. The van der Waals surface area contributed by atoms with Crippen molar-refractivity contribution in [3.63, 3.8) is 0 Å². The number of aryl methyl sites for hydroxylation is 1. The van der Waals surface area contributed by atoms with Crippen LogP contribution in [0.3, 0.4) is 0 Å². The van der Waals surface area contributed by atoms with Gasteiger partial charge in [0.1, 0.15) is 5.82 Å². The Morgan fingerprint density at radius 1 is 0.933 bits per heavy atom. The Labute approximate surface area is 175 Å². The molecular weight excluding hydrogens is 377 g/mol. The minimum Gasteiger partial charge on any atom is -0.319 e. The first-order valence-electron chi connectivity index (χ1n) is 9.76. The second-order valence-corrected chi connectivity index (χ2v) is 7.23. The Hall–Kier alpha value is -3.73. The van der Waals surface area contributed by atoms with Crippen molar-refractivity contribution in [2.24, 2.45) is 0 Å². The lowest BCUT2D eigenvalue weighted by molar-refractivity contribution is 0.102. The summed E-state index contributed by atoms with van der Waals surface area (Å²) < 4.78 is 15.2. The van der Waals surface area contributed by atoms with E-state index in [0.717, 1.165) is 28.1 Å². The van der Waals surface area contributed by atoms with Gasteiger partial charge in [-0.25, -0.2) is 4.39 Å². The molecule has 1 amide bonds. The van der Waals surface area contributed by atoms with Gasteiger partial charge in [0.15, 0.2) is 0 Å². The minimum atomic E-state index is -0.276. The maximum absolute atomic E-state index is 13.5. The number of hydrogen-bond donors (Lipinski definition) is 1. The van der Waals surface area contributed by atoms with E-state index in [4.69, 9.17) is 0 Å². The second-order valence-electron chi connectivity index (χ2n) is 7.23. The van der Waals surface area contributed by atoms with E-state index >= 15 is 0 Å². The summed E-state index contributed by atoms with van der Waals surface area (Å²) in [5.74, 6) is -0.465. The number of carbonyl (C=O) groups excluding carboxylic acids is 1. The van der Waals surface area contributed by atoms with Crippen LogP contribution in [0.15, 0.2) is 78.9 Å². The molecule has 0 fully saturated rings. The zero-order valence-corrected chi connectivity index (χ0v) is 16.9. The summed E-state index contributed by atoms with van der Waals surface area (Å²) in [6, 6.07) is 24.0. The van der Waals surface area contributed by atoms with Crippen molar-refractivity contribution in [3.05, 3.63) is 107 Å². The second kappa shape index (κ2) is 8.33. The number of benzene rings is 3. The van der Waals surface area contributed by atoms with Crippen molar-refractivity contribution in [3.8, 4) is 11.1 Å². The number of aromatic nitrogens is 2. The molecule has 0 saturated carbocycles. The summed E-state index contributed by atoms with van der Waals surface area (Å²) in [5.41, 5.74) is 5.78. The van der Waals surface area contributed by atoms with E-state index < -0.39 is 0 Å². The van der Waals surface area contributed by atoms with Crippen LogP contribution in [0.1, 0.15) is 27.3 Å². The van der Waals surface area contributed by atoms with E-state index in [1.54, 1.807) is 10.7 Å². The number of carbonyl (C=O) groups is 1. The molecule has 5 heteroatoms. The summed E-state index contributed by atoms with van der Waals surface area (Å²) in [7, 11) is 0. The molecule has 1 heterocycles. The fourth-order valence-electron chi connectivity index (χ4n) is 3.47. The lowest BCUT2D eigenvalue weighted by atomic mass is 10.0. The van der Waals surface area contributed by atoms with Gasteiger partial charge in [-0.2, -0.15) is 5.10 Å². The van der Waals surface area contributed by atoms with Gasteiger partial charge in [-0.15, -0.1) is 0 Å². The topological polar surface area (TPSA) is 46.9 Å². The largest absolute Gasteiger partial charge is 0.319 e. The molecule has 0 spiro atoms. The first kappa shape index (κ1) is 19.6. The highest BCUT2D eigenvalue weighted by molar-refractivity contribution is 6.05. The van der Waals surface area contributed by atoms with Crippen LogP contribution in [0.5, 0.6) is 0 Å².